The predicted octanol–water partition coefficient (Wildman–Crippen LogP) is 6.09. The number of unbranched alkanes of at least 4 members (excludes halogenated alkanes) is 1. The molecule has 0 aliphatic carbocycles. The van der Waals surface area contributed by atoms with E-state index in [0.717, 1.165) is 25.9 Å². The van der Waals surface area contributed by atoms with Gasteiger partial charge in [0, 0.05) is 6.61 Å². The van der Waals surface area contributed by atoms with Crippen LogP contribution >= 0.6 is 0 Å². The maximum Gasteiger partial charge on any atom is 0.191 e. The van der Waals surface area contributed by atoms with E-state index in [-0.39, 0.29) is 17.2 Å². The molecule has 0 spiro atoms. The molecular formula is C23H40O3Si. The molecule has 1 N–H and O–H groups in total. The van der Waals surface area contributed by atoms with Crippen molar-refractivity contribution in [1.29, 1.82) is 0 Å². The topological polar surface area (TPSA) is 38.7 Å². The van der Waals surface area contributed by atoms with Crippen molar-refractivity contribution in [2.24, 2.45) is 0 Å². The zero-order valence-electron chi connectivity index (χ0n) is 18.0. The van der Waals surface area contributed by atoms with Gasteiger partial charge in [0.25, 0.3) is 0 Å². The van der Waals surface area contributed by atoms with Crippen molar-refractivity contribution in [2.75, 3.05) is 6.61 Å². The number of hydrogen-bond acceptors (Lipinski definition) is 3. The molecule has 154 valence electrons. The van der Waals surface area contributed by atoms with Gasteiger partial charge in [-0.25, -0.2) is 0 Å². The van der Waals surface area contributed by atoms with Gasteiger partial charge in [-0.3, -0.25) is 0 Å². The molecule has 0 amide bonds. The van der Waals surface area contributed by atoms with Gasteiger partial charge in [0.1, 0.15) is 0 Å². The number of aliphatic hydroxyl groups excluding tert-OH is 1. The van der Waals surface area contributed by atoms with E-state index >= 15 is 0 Å². The molecule has 1 aromatic carbocycles. The lowest BCUT2D eigenvalue weighted by atomic mass is 10.0. The molecule has 0 heterocycles. The Bertz CT molecular complexity index is 522. The zero-order chi connectivity index (χ0) is 20.3. The fraction of sp³-hybridized carbons (Fsp3) is 0.652. The second kappa shape index (κ2) is 11.8. The molecule has 0 aromatic heterocycles. The minimum atomic E-state index is -1.66. The first-order valence-corrected chi connectivity index (χ1v) is 13.1. The highest BCUT2D eigenvalue weighted by molar-refractivity contribution is 6.74. The number of rotatable bonds is 13. The summed E-state index contributed by atoms with van der Waals surface area (Å²) < 4.78 is 12.4. The second-order valence-electron chi connectivity index (χ2n) is 8.94. The fourth-order valence-corrected chi connectivity index (χ4v) is 3.76. The summed E-state index contributed by atoms with van der Waals surface area (Å²) >= 11 is 0. The highest BCUT2D eigenvalue weighted by Gasteiger charge is 2.36. The molecule has 0 aliphatic heterocycles. The van der Waals surface area contributed by atoms with Gasteiger partial charge in [0.15, 0.2) is 8.32 Å². The van der Waals surface area contributed by atoms with Crippen molar-refractivity contribution < 1.29 is 14.3 Å². The van der Waals surface area contributed by atoms with Gasteiger partial charge in [-0.2, -0.15) is 0 Å². The quantitative estimate of drug-likeness (QED) is 0.251. The van der Waals surface area contributed by atoms with E-state index in [1.54, 1.807) is 6.08 Å². The third-order valence-corrected chi connectivity index (χ3v) is 10.0. The summed E-state index contributed by atoms with van der Waals surface area (Å²) in [5.41, 5.74) is 1.17. The molecule has 0 saturated heterocycles. The highest BCUT2D eigenvalue weighted by atomic mass is 28.4. The molecule has 0 aliphatic rings. The van der Waals surface area contributed by atoms with E-state index < -0.39 is 8.32 Å². The van der Waals surface area contributed by atoms with Crippen molar-refractivity contribution in [3.63, 3.8) is 0 Å². The molecule has 1 aromatic rings. The first-order chi connectivity index (χ1) is 12.7. The lowest BCUT2D eigenvalue weighted by molar-refractivity contribution is -0.00154. The summed E-state index contributed by atoms with van der Waals surface area (Å²) in [6, 6.07) is 10.2. The van der Waals surface area contributed by atoms with E-state index in [0.29, 0.717) is 19.4 Å². The van der Waals surface area contributed by atoms with Crippen molar-refractivity contribution in [3.8, 4) is 0 Å². The average molecular weight is 393 g/mol. The van der Waals surface area contributed by atoms with Crippen molar-refractivity contribution in [1.82, 2.24) is 0 Å². The summed E-state index contributed by atoms with van der Waals surface area (Å²) in [5.74, 6) is 0. The molecule has 3 nitrogen and oxygen atoms in total. The molecule has 1 rings (SSSR count). The van der Waals surface area contributed by atoms with Crippen LogP contribution in [0.25, 0.3) is 0 Å². The summed E-state index contributed by atoms with van der Waals surface area (Å²) in [4.78, 5) is 0. The maximum atomic E-state index is 10.1. The van der Waals surface area contributed by atoms with E-state index in [9.17, 15) is 5.11 Å². The van der Waals surface area contributed by atoms with Crippen LogP contribution in [0.3, 0.4) is 0 Å². The molecule has 0 unspecified atom stereocenters. The van der Waals surface area contributed by atoms with E-state index in [4.69, 9.17) is 9.16 Å². The van der Waals surface area contributed by atoms with Gasteiger partial charge in [0.05, 0.1) is 18.8 Å². The fourth-order valence-electron chi connectivity index (χ4n) is 2.67. The van der Waals surface area contributed by atoms with Crippen LogP contribution in [-0.4, -0.2) is 32.2 Å². The van der Waals surface area contributed by atoms with Gasteiger partial charge in [-0.05, 0) is 55.8 Å². The summed E-state index contributed by atoms with van der Waals surface area (Å²) in [6.45, 7) is 16.5. The molecule has 2 atom stereocenters. The van der Waals surface area contributed by atoms with Crippen molar-refractivity contribution in [3.05, 3.63) is 48.6 Å². The number of hydrogen-bond donors (Lipinski definition) is 1. The van der Waals surface area contributed by atoms with Crippen LogP contribution < -0.4 is 0 Å². The minimum Gasteiger partial charge on any atom is -0.417 e. The number of ether oxygens (including phenoxy) is 1. The summed E-state index contributed by atoms with van der Waals surface area (Å²) in [5, 5.41) is 10.4. The first-order valence-electron chi connectivity index (χ1n) is 10.2. The van der Waals surface area contributed by atoms with Gasteiger partial charge in [-0.15, -0.1) is 6.58 Å². The largest absolute Gasteiger partial charge is 0.417 e. The Balaban J connectivity index is 2.42. The number of aliphatic hydroxyl groups is 1. The Labute approximate surface area is 167 Å². The SMILES string of the molecule is C=CC[C@H](O)C[C@@H](CCCCO[Si](C)(C)C(C)(C)C)OCc1ccccc1. The normalized spacial score (nSPS) is 14.7. The Morgan fingerprint density at radius 1 is 1.15 bits per heavy atom. The molecule has 0 radical (unpaired) electrons. The summed E-state index contributed by atoms with van der Waals surface area (Å²) in [6.07, 6.45) is 5.75. The lowest BCUT2D eigenvalue weighted by Gasteiger charge is -2.36. The Hall–Kier alpha value is -0.943. The summed E-state index contributed by atoms with van der Waals surface area (Å²) in [7, 11) is -1.66. The lowest BCUT2D eigenvalue weighted by Crippen LogP contribution is -2.40. The Morgan fingerprint density at radius 3 is 2.41 bits per heavy atom. The minimum absolute atomic E-state index is 0.0630. The Kier molecular flexibility index (Phi) is 10.5. The third-order valence-electron chi connectivity index (χ3n) is 5.49. The van der Waals surface area contributed by atoms with Crippen LogP contribution in [0.5, 0.6) is 0 Å². The average Bonchev–Trinajstić information content (AvgIpc) is 2.59. The van der Waals surface area contributed by atoms with E-state index in [1.165, 1.54) is 5.56 Å². The molecule has 0 fully saturated rings. The van der Waals surface area contributed by atoms with Gasteiger partial charge in [0.2, 0.25) is 0 Å². The van der Waals surface area contributed by atoms with E-state index in [2.05, 4.69) is 52.6 Å². The molecule has 0 saturated carbocycles. The van der Waals surface area contributed by atoms with E-state index in [1.807, 2.05) is 18.2 Å². The highest BCUT2D eigenvalue weighted by Crippen LogP contribution is 2.36. The third kappa shape index (κ3) is 9.70. The number of benzene rings is 1. The molecule has 27 heavy (non-hydrogen) atoms. The van der Waals surface area contributed by atoms with Crippen LogP contribution in [0.4, 0.5) is 0 Å². The maximum absolute atomic E-state index is 10.1. The molecule has 0 bridgehead atoms. The van der Waals surface area contributed by atoms with Crippen molar-refractivity contribution >= 4 is 8.32 Å². The standard InChI is InChI=1S/C23H40O3Si/c1-7-13-21(24)18-22(25-19-20-14-9-8-10-15-20)16-11-12-17-26-27(5,6)23(2,3)4/h7-10,14-15,21-22,24H,1,11-13,16-19H2,2-6H3/t21-,22+/m0/s1. The van der Waals surface area contributed by atoms with Gasteiger partial charge < -0.3 is 14.3 Å². The van der Waals surface area contributed by atoms with Crippen LogP contribution in [0.15, 0.2) is 43.0 Å². The molecule has 4 heteroatoms. The van der Waals surface area contributed by atoms with Gasteiger partial charge in [-0.1, -0.05) is 57.2 Å². The first kappa shape index (κ1) is 24.1. The van der Waals surface area contributed by atoms with Crippen molar-refractivity contribution in [2.45, 2.75) is 89.8 Å². The van der Waals surface area contributed by atoms with Crippen LogP contribution in [0, 0.1) is 0 Å². The predicted molar refractivity (Wildman–Crippen MR) is 117 cm³/mol. The molecular weight excluding hydrogens is 352 g/mol. The smallest absolute Gasteiger partial charge is 0.191 e. The monoisotopic (exact) mass is 392 g/mol. The van der Waals surface area contributed by atoms with Gasteiger partial charge >= 0.3 is 0 Å². The van der Waals surface area contributed by atoms with Crippen LogP contribution in [0.2, 0.25) is 18.1 Å². The second-order valence-corrected chi connectivity index (χ2v) is 13.7. The van der Waals surface area contributed by atoms with Crippen LogP contribution in [0.1, 0.15) is 58.4 Å². The zero-order valence-corrected chi connectivity index (χ0v) is 19.0. The van der Waals surface area contributed by atoms with Crippen LogP contribution in [-0.2, 0) is 15.8 Å². The Morgan fingerprint density at radius 2 is 1.81 bits per heavy atom.